The monoisotopic (exact) mass is 267 g/mol. The van der Waals surface area contributed by atoms with Crippen LogP contribution in [-0.4, -0.2) is 63.2 Å². The standard InChI is InChI=1S/C9H18N.Li.Sn/c1-4-7-10(8-5-2)9-6-3;;/h1-9H2;;. The van der Waals surface area contributed by atoms with Gasteiger partial charge in [-0.2, -0.15) is 0 Å². The molecule has 2 bridgehead atoms. The van der Waals surface area contributed by atoms with Gasteiger partial charge in [0.15, 0.2) is 0 Å². The van der Waals surface area contributed by atoms with E-state index in [2.05, 4.69) is 4.90 Å². The first-order valence-corrected chi connectivity index (χ1v) is 11.1. The van der Waals surface area contributed by atoms with E-state index in [-0.39, 0.29) is 18.9 Å². The van der Waals surface area contributed by atoms with Crippen molar-refractivity contribution in [1.82, 2.24) is 4.90 Å². The summed E-state index contributed by atoms with van der Waals surface area (Å²) >= 11 is -0.723. The largest absolute Gasteiger partial charge is 0 e. The molecule has 0 aliphatic carbocycles. The molecule has 0 atom stereocenters. The van der Waals surface area contributed by atoms with Gasteiger partial charge in [0.25, 0.3) is 0 Å². The average molecular weight is 266 g/mol. The second-order valence-electron chi connectivity index (χ2n) is 3.90. The summed E-state index contributed by atoms with van der Waals surface area (Å²) in [5, 5.41) is 0. The summed E-state index contributed by atoms with van der Waals surface area (Å²) < 4.78 is 5.12. The van der Waals surface area contributed by atoms with Gasteiger partial charge in [-0.3, -0.25) is 0 Å². The van der Waals surface area contributed by atoms with E-state index in [1.54, 1.807) is 32.6 Å². The normalized spacial score (nSPS) is 27.0. The van der Waals surface area contributed by atoms with Gasteiger partial charge in [0.1, 0.15) is 0 Å². The molecule has 0 aromatic carbocycles. The number of hydrogen-bond acceptors (Lipinski definition) is 1. The second kappa shape index (κ2) is 5.96. The molecule has 3 heteroatoms. The first-order chi connectivity index (χ1) is 5.45. The molecule has 3 saturated heterocycles. The Kier molecular flexibility index (Phi) is 5.67. The Bertz CT molecular complexity index is 95.9. The zero-order valence-corrected chi connectivity index (χ0v) is 11.2. The van der Waals surface area contributed by atoms with Crippen molar-refractivity contribution in [3.8, 4) is 0 Å². The molecule has 0 amide bonds. The van der Waals surface area contributed by atoms with Gasteiger partial charge in [0.2, 0.25) is 0 Å². The van der Waals surface area contributed by atoms with Crippen LogP contribution in [0, 0.1) is 0 Å². The molecule has 0 spiro atoms. The zero-order valence-electron chi connectivity index (χ0n) is 8.31. The van der Waals surface area contributed by atoms with Gasteiger partial charge in [-0.15, -0.1) is 0 Å². The van der Waals surface area contributed by atoms with E-state index in [1.807, 2.05) is 0 Å². The Balaban J connectivity index is 0.000000720. The van der Waals surface area contributed by atoms with Crippen molar-refractivity contribution >= 4 is 38.6 Å². The first kappa shape index (κ1) is 11.4. The van der Waals surface area contributed by atoms with Gasteiger partial charge < -0.3 is 0 Å². The van der Waals surface area contributed by atoms with Crippen LogP contribution in [0.25, 0.3) is 0 Å². The fourth-order valence-corrected chi connectivity index (χ4v) is 10.1. The molecular weight excluding hydrogens is 248 g/mol. The van der Waals surface area contributed by atoms with E-state index >= 15 is 0 Å². The van der Waals surface area contributed by atoms with Crippen molar-refractivity contribution in [1.29, 1.82) is 0 Å². The fraction of sp³-hybridized carbons (Fsp3) is 1.00. The zero-order chi connectivity index (χ0) is 7.52. The molecule has 3 aliphatic heterocycles. The van der Waals surface area contributed by atoms with Crippen LogP contribution < -0.4 is 0 Å². The Morgan fingerprint density at radius 3 is 1.58 bits per heavy atom. The molecule has 0 aromatic heterocycles. The van der Waals surface area contributed by atoms with Crippen LogP contribution in [0.4, 0.5) is 0 Å². The van der Waals surface area contributed by atoms with Crippen molar-refractivity contribution in [2.24, 2.45) is 0 Å². The minimum absolute atomic E-state index is 0. The molecule has 0 unspecified atom stereocenters. The average Bonchev–Trinajstić information content (AvgIpc) is 1.80. The number of fused-ring (bicyclic) bond motifs is 6. The third-order valence-electron chi connectivity index (χ3n) is 3.01. The SMILES string of the molecule is C1CN2CC[CH2][Sn]([CH2]1)[CH2]CC2.[Li]. The molecule has 1 nitrogen and oxygen atoms in total. The summed E-state index contributed by atoms with van der Waals surface area (Å²) in [6, 6.07) is 0. The van der Waals surface area contributed by atoms with Crippen molar-refractivity contribution in [2.75, 3.05) is 19.6 Å². The predicted octanol–water partition coefficient (Wildman–Crippen LogP) is 1.60. The van der Waals surface area contributed by atoms with E-state index in [1.165, 1.54) is 19.6 Å². The van der Waals surface area contributed by atoms with Crippen LogP contribution >= 0.6 is 0 Å². The maximum atomic E-state index is 2.69. The summed E-state index contributed by atoms with van der Waals surface area (Å²) in [6.07, 6.45) is 4.65. The summed E-state index contributed by atoms with van der Waals surface area (Å²) in [7, 11) is 0. The third kappa shape index (κ3) is 3.25. The van der Waals surface area contributed by atoms with E-state index < -0.39 is 19.8 Å². The molecule has 12 heavy (non-hydrogen) atoms. The molecule has 3 rings (SSSR count). The molecule has 2 radical (unpaired) electrons. The summed E-state index contributed by atoms with van der Waals surface area (Å²) in [6.45, 7) is 4.30. The van der Waals surface area contributed by atoms with Gasteiger partial charge in [-0.1, -0.05) is 0 Å². The first-order valence-electron chi connectivity index (χ1n) is 5.01. The number of rotatable bonds is 0. The molecule has 3 aliphatic rings. The Morgan fingerprint density at radius 2 is 1.17 bits per heavy atom. The molecule has 0 N–H and O–H groups in total. The van der Waals surface area contributed by atoms with E-state index in [4.69, 9.17) is 0 Å². The van der Waals surface area contributed by atoms with Crippen LogP contribution in [0.15, 0.2) is 0 Å². The number of hydrogen-bond donors (Lipinski definition) is 0. The van der Waals surface area contributed by atoms with Crippen LogP contribution in [-0.2, 0) is 0 Å². The third-order valence-corrected chi connectivity index (χ3v) is 12.1. The predicted molar refractivity (Wildman–Crippen MR) is 56.2 cm³/mol. The quantitative estimate of drug-likeness (QED) is 0.602. The summed E-state index contributed by atoms with van der Waals surface area (Å²) in [4.78, 5) is 2.69. The summed E-state index contributed by atoms with van der Waals surface area (Å²) in [5.74, 6) is 0. The van der Waals surface area contributed by atoms with Crippen molar-refractivity contribution < 1.29 is 0 Å². The molecular formula is C9H18LiNSn. The van der Waals surface area contributed by atoms with Crippen LogP contribution in [0.3, 0.4) is 0 Å². The van der Waals surface area contributed by atoms with Crippen molar-refractivity contribution in [3.05, 3.63) is 0 Å². The molecule has 3 heterocycles. The van der Waals surface area contributed by atoms with Crippen LogP contribution in [0.5, 0.6) is 0 Å². The Labute approximate surface area is 95.2 Å². The van der Waals surface area contributed by atoms with Gasteiger partial charge in [0.05, 0.1) is 0 Å². The van der Waals surface area contributed by atoms with Gasteiger partial charge in [-0.25, -0.2) is 0 Å². The Morgan fingerprint density at radius 1 is 0.750 bits per heavy atom. The second-order valence-corrected chi connectivity index (χ2v) is 12.5. The minimum Gasteiger partial charge on any atom is 0 e. The minimum atomic E-state index is -0.723. The molecule has 3 fully saturated rings. The number of nitrogens with zero attached hydrogens (tertiary/aromatic N) is 1. The topological polar surface area (TPSA) is 3.24 Å². The fourth-order valence-electron chi connectivity index (χ4n) is 2.37. The van der Waals surface area contributed by atoms with Gasteiger partial charge in [-0.05, 0) is 0 Å². The maximum Gasteiger partial charge on any atom is 0 e. The van der Waals surface area contributed by atoms with Crippen LogP contribution in [0.2, 0.25) is 13.3 Å². The van der Waals surface area contributed by atoms with Gasteiger partial charge >= 0.3 is 76.9 Å². The van der Waals surface area contributed by atoms with E-state index in [9.17, 15) is 0 Å². The maximum absolute atomic E-state index is 2.69. The van der Waals surface area contributed by atoms with E-state index in [0.717, 1.165) is 0 Å². The van der Waals surface area contributed by atoms with Gasteiger partial charge in [0, 0.05) is 18.9 Å². The summed E-state index contributed by atoms with van der Waals surface area (Å²) in [5.41, 5.74) is 0. The molecule has 64 valence electrons. The van der Waals surface area contributed by atoms with Crippen molar-refractivity contribution in [2.45, 2.75) is 32.6 Å². The molecule has 0 aromatic rings. The van der Waals surface area contributed by atoms with Crippen molar-refractivity contribution in [3.63, 3.8) is 0 Å². The Hall–Kier alpha value is 1.36. The van der Waals surface area contributed by atoms with Crippen LogP contribution in [0.1, 0.15) is 19.3 Å². The van der Waals surface area contributed by atoms with E-state index in [0.29, 0.717) is 0 Å². The smallest absolute Gasteiger partial charge is 0 e. The molecule has 0 saturated carbocycles.